The molecule has 2 N–H and O–H groups in total. The number of nitrogen functional groups attached to an aromatic ring is 1. The quantitative estimate of drug-likeness (QED) is 0.168. The Hall–Kier alpha value is -4.42. The van der Waals surface area contributed by atoms with Gasteiger partial charge < -0.3 is 10.3 Å². The molecule has 0 saturated heterocycles. The second kappa shape index (κ2) is 13.3. The molecule has 5 aromatic rings. The van der Waals surface area contributed by atoms with Crippen molar-refractivity contribution in [2.75, 3.05) is 5.73 Å². The molecule has 234 valence electrons. The van der Waals surface area contributed by atoms with E-state index < -0.39 is 12.5 Å². The lowest BCUT2D eigenvalue weighted by Gasteiger charge is -2.21. The Morgan fingerprint density at radius 3 is 2.56 bits per heavy atom. The number of nitrogens with zero attached hydrogens (tertiary/aromatic N) is 7. The highest BCUT2D eigenvalue weighted by Gasteiger charge is 2.24. The highest BCUT2D eigenvalue weighted by molar-refractivity contribution is 6.31. The molecule has 1 aromatic carbocycles. The van der Waals surface area contributed by atoms with Gasteiger partial charge in [-0.05, 0) is 50.1 Å². The topological polar surface area (TPSA) is 127 Å². The normalized spacial score (nSPS) is 12.9. The van der Waals surface area contributed by atoms with Gasteiger partial charge in [-0.25, -0.2) is 9.36 Å². The van der Waals surface area contributed by atoms with Crippen LogP contribution in [-0.2, 0) is 11.8 Å². The van der Waals surface area contributed by atoms with Gasteiger partial charge >= 0.3 is 6.55 Å². The van der Waals surface area contributed by atoms with Crippen molar-refractivity contribution in [3.05, 3.63) is 92.8 Å². The molecule has 0 radical (unpaired) electrons. The molecule has 14 heteroatoms. The second-order valence-corrected chi connectivity index (χ2v) is 11.7. The molecule has 1 unspecified atom stereocenters. The largest absolute Gasteiger partial charge is 0.396 e. The summed E-state index contributed by atoms with van der Waals surface area (Å²) in [7, 11) is 1.80. The summed E-state index contributed by atoms with van der Waals surface area (Å²) in [5.41, 5.74) is 9.03. The van der Waals surface area contributed by atoms with Gasteiger partial charge in [-0.15, -0.1) is 5.10 Å². The molecule has 0 bridgehead atoms. The summed E-state index contributed by atoms with van der Waals surface area (Å²) in [4.78, 5) is 30.4. The fourth-order valence-electron chi connectivity index (χ4n) is 5.36. The molecule has 0 spiro atoms. The molecule has 10 nitrogen and oxygen atoms in total. The number of carbonyl (C=O) groups is 1. The zero-order valence-corrected chi connectivity index (χ0v) is 26.2. The average Bonchev–Trinajstić information content (AvgIpc) is 3.61. The van der Waals surface area contributed by atoms with Crippen molar-refractivity contribution < 1.29 is 13.6 Å². The van der Waals surface area contributed by atoms with Gasteiger partial charge in [-0.2, -0.15) is 13.9 Å². The van der Waals surface area contributed by atoms with Crippen molar-refractivity contribution in [3.8, 4) is 28.2 Å². The molecular weight excluding hydrogens is 625 g/mol. The van der Waals surface area contributed by atoms with Crippen LogP contribution in [0.15, 0.2) is 66.0 Å². The predicted octanol–water partition coefficient (Wildman–Crippen LogP) is 6.70. The van der Waals surface area contributed by atoms with Crippen LogP contribution in [0.4, 0.5) is 14.5 Å². The number of nitrogens with two attached hydrogens (primary N) is 1. The van der Waals surface area contributed by atoms with Crippen molar-refractivity contribution in [1.29, 1.82) is 0 Å². The number of ketones is 1. The van der Waals surface area contributed by atoms with Crippen LogP contribution in [0.3, 0.4) is 0 Å². The number of benzene rings is 1. The van der Waals surface area contributed by atoms with Gasteiger partial charge in [-0.3, -0.25) is 14.6 Å². The smallest absolute Gasteiger partial charge is 0.333 e. The molecular formula is C31H30Cl2F2N8O2. The number of aryl methyl sites for hydroxylation is 1. The number of carbonyl (C=O) groups excluding carboxylic acids is 1. The minimum atomic E-state index is -2.90. The third kappa shape index (κ3) is 6.81. The van der Waals surface area contributed by atoms with E-state index in [1.165, 1.54) is 23.1 Å². The summed E-state index contributed by atoms with van der Waals surface area (Å²) >= 11 is 12.4. The molecule has 4 aromatic heterocycles. The summed E-state index contributed by atoms with van der Waals surface area (Å²) in [6.45, 7) is 0.515. The lowest BCUT2D eigenvalue weighted by Crippen LogP contribution is -2.19. The SMILES string of the molecule is CC(=O)[C@@H](C)CCCC(c1cc(-c2c(N)cnn2C(F)F)ccn1)c1cn(C)c(-c2cc(Cl)ccc2-n2cc(Cl)nn2)cc1=O. The van der Waals surface area contributed by atoms with Crippen molar-refractivity contribution in [2.45, 2.75) is 45.6 Å². The summed E-state index contributed by atoms with van der Waals surface area (Å²) in [5, 5.41) is 12.3. The van der Waals surface area contributed by atoms with E-state index in [-0.39, 0.29) is 33.7 Å². The van der Waals surface area contributed by atoms with Crippen molar-refractivity contribution in [1.82, 2.24) is 34.3 Å². The number of pyridine rings is 2. The third-order valence-corrected chi connectivity index (χ3v) is 8.24. The highest BCUT2D eigenvalue weighted by atomic mass is 35.5. The summed E-state index contributed by atoms with van der Waals surface area (Å²) in [6, 6.07) is 9.92. The van der Waals surface area contributed by atoms with Gasteiger partial charge in [0.25, 0.3) is 0 Å². The van der Waals surface area contributed by atoms with Crippen LogP contribution >= 0.6 is 23.2 Å². The van der Waals surface area contributed by atoms with E-state index in [1.807, 2.05) is 11.5 Å². The van der Waals surface area contributed by atoms with E-state index in [2.05, 4.69) is 20.4 Å². The van der Waals surface area contributed by atoms with Gasteiger partial charge in [0.05, 0.1) is 35.2 Å². The molecule has 0 aliphatic heterocycles. The molecule has 5 rings (SSSR count). The van der Waals surface area contributed by atoms with E-state index in [4.69, 9.17) is 28.9 Å². The summed E-state index contributed by atoms with van der Waals surface area (Å²) < 4.78 is 31.3. The maximum absolute atomic E-state index is 13.9. The molecule has 0 aliphatic rings. The summed E-state index contributed by atoms with van der Waals surface area (Å²) in [5.74, 6) is -0.593. The lowest BCUT2D eigenvalue weighted by molar-refractivity contribution is -0.120. The first-order valence-corrected chi connectivity index (χ1v) is 14.9. The molecule has 2 atom stereocenters. The lowest BCUT2D eigenvalue weighted by atomic mass is 9.87. The van der Waals surface area contributed by atoms with Gasteiger partial charge in [0.1, 0.15) is 5.78 Å². The van der Waals surface area contributed by atoms with Crippen LogP contribution in [0.5, 0.6) is 0 Å². The molecule has 4 heterocycles. The second-order valence-electron chi connectivity index (χ2n) is 10.9. The van der Waals surface area contributed by atoms with Gasteiger partial charge in [0, 0.05) is 64.8 Å². The Bertz CT molecular complexity index is 1920. The first-order valence-electron chi connectivity index (χ1n) is 14.1. The van der Waals surface area contributed by atoms with Crippen LogP contribution in [0.25, 0.3) is 28.2 Å². The van der Waals surface area contributed by atoms with E-state index in [0.717, 1.165) is 0 Å². The maximum atomic E-state index is 13.9. The van der Waals surface area contributed by atoms with Crippen LogP contribution < -0.4 is 11.2 Å². The molecule has 0 saturated carbocycles. The number of aromatic nitrogens is 7. The zero-order chi connectivity index (χ0) is 32.4. The minimum absolute atomic E-state index is 0.0579. The van der Waals surface area contributed by atoms with Crippen molar-refractivity contribution >= 4 is 34.7 Å². The number of alkyl halides is 2. The fraction of sp³-hybridized carbons (Fsp3) is 0.290. The number of Topliss-reactive ketones (excluding diaryl/α,β-unsaturated/α-hetero) is 1. The number of hydrogen-bond donors (Lipinski definition) is 1. The number of hydrogen-bond acceptors (Lipinski definition) is 7. The van der Waals surface area contributed by atoms with Crippen molar-refractivity contribution in [2.24, 2.45) is 13.0 Å². The number of anilines is 1. The van der Waals surface area contributed by atoms with Crippen LogP contribution in [0.2, 0.25) is 10.2 Å². The van der Waals surface area contributed by atoms with Crippen LogP contribution in [0, 0.1) is 5.92 Å². The monoisotopic (exact) mass is 654 g/mol. The van der Waals surface area contributed by atoms with Gasteiger partial charge in [0.2, 0.25) is 0 Å². The maximum Gasteiger partial charge on any atom is 0.333 e. The Morgan fingerprint density at radius 2 is 1.87 bits per heavy atom. The third-order valence-electron chi connectivity index (χ3n) is 7.83. The van der Waals surface area contributed by atoms with E-state index in [9.17, 15) is 18.4 Å². The molecule has 0 aliphatic carbocycles. The van der Waals surface area contributed by atoms with E-state index in [0.29, 0.717) is 62.7 Å². The first kappa shape index (κ1) is 32.0. The van der Waals surface area contributed by atoms with Gasteiger partial charge in [0.15, 0.2) is 10.6 Å². The fourth-order valence-corrected chi connectivity index (χ4v) is 5.66. The van der Waals surface area contributed by atoms with E-state index in [1.54, 1.807) is 56.7 Å². The summed E-state index contributed by atoms with van der Waals surface area (Å²) in [6.07, 6.45) is 7.66. The van der Waals surface area contributed by atoms with Gasteiger partial charge in [-0.1, -0.05) is 41.8 Å². The Labute approximate surface area is 267 Å². The molecule has 45 heavy (non-hydrogen) atoms. The Balaban J connectivity index is 1.61. The Kier molecular flexibility index (Phi) is 9.45. The predicted molar refractivity (Wildman–Crippen MR) is 169 cm³/mol. The number of halogens is 4. The highest BCUT2D eigenvalue weighted by Crippen LogP contribution is 2.35. The van der Waals surface area contributed by atoms with E-state index >= 15 is 0 Å². The first-order chi connectivity index (χ1) is 21.4. The Morgan fingerprint density at radius 1 is 1.09 bits per heavy atom. The standard InChI is InChI=1S/C31H30Cl2F2N8O2/c1-17(18(2)44)5-4-6-21(25-11-19(9-10-37-25)30-24(36)14-38-43(30)31(34)35)23-15-41(3)27(13-28(23)45)22-12-20(32)7-8-26(22)42-16-29(33)39-40-42/h7-17,21,31H,4-6,36H2,1-3H3/t17-,21?/m0/s1. The minimum Gasteiger partial charge on any atom is -0.396 e. The van der Waals surface area contributed by atoms with Crippen LogP contribution in [0.1, 0.15) is 56.8 Å². The van der Waals surface area contributed by atoms with Crippen molar-refractivity contribution in [3.63, 3.8) is 0 Å². The van der Waals surface area contributed by atoms with Crippen LogP contribution in [-0.4, -0.2) is 40.1 Å². The average molecular weight is 656 g/mol. The molecule has 0 amide bonds. The molecule has 0 fully saturated rings. The number of rotatable bonds is 11. The zero-order valence-electron chi connectivity index (χ0n) is 24.7.